The van der Waals surface area contributed by atoms with Crippen LogP contribution in [0.15, 0.2) is 48.6 Å². The Morgan fingerprint density at radius 3 is 2.62 bits per heavy atom. The van der Waals surface area contributed by atoms with E-state index in [9.17, 15) is 4.79 Å². The Balaban J connectivity index is 2.55. The number of carbonyl (C=O) groups excluding carboxylic acids is 1. The van der Waals surface area contributed by atoms with Gasteiger partial charge in [0.25, 0.3) is 0 Å². The summed E-state index contributed by atoms with van der Waals surface area (Å²) >= 11 is 0. The molecular weight excluding hydrogens is 200 g/mol. The van der Waals surface area contributed by atoms with Crippen molar-refractivity contribution in [2.45, 2.75) is 13.3 Å². The van der Waals surface area contributed by atoms with E-state index >= 15 is 0 Å². The van der Waals surface area contributed by atoms with Gasteiger partial charge in [0.1, 0.15) is 0 Å². The van der Waals surface area contributed by atoms with E-state index in [4.69, 9.17) is 0 Å². The molecule has 1 aromatic rings. The number of rotatable bonds is 4. The number of esters is 1. The van der Waals surface area contributed by atoms with Crippen LogP contribution in [0.2, 0.25) is 0 Å². The van der Waals surface area contributed by atoms with Crippen LogP contribution < -0.4 is 0 Å². The summed E-state index contributed by atoms with van der Waals surface area (Å²) < 4.78 is 4.53. The van der Waals surface area contributed by atoms with Gasteiger partial charge < -0.3 is 4.74 Å². The maximum Gasteiger partial charge on any atom is 0.309 e. The molecule has 0 aliphatic heterocycles. The molecule has 2 heteroatoms. The quantitative estimate of drug-likeness (QED) is 0.570. The highest BCUT2D eigenvalue weighted by Gasteiger charge is 1.93. The van der Waals surface area contributed by atoms with E-state index in [1.165, 1.54) is 18.2 Å². The normalized spacial score (nSPS) is 11.8. The number of hydrogen-bond acceptors (Lipinski definition) is 2. The maximum atomic E-state index is 10.8. The highest BCUT2D eigenvalue weighted by molar-refractivity contribution is 5.71. The van der Waals surface area contributed by atoms with Gasteiger partial charge in [0.05, 0.1) is 13.5 Å². The first-order valence-electron chi connectivity index (χ1n) is 5.19. The molecular formula is C14H16O2. The minimum Gasteiger partial charge on any atom is -0.469 e. The van der Waals surface area contributed by atoms with E-state index < -0.39 is 0 Å². The predicted octanol–water partition coefficient (Wildman–Crippen LogP) is 3.21. The van der Waals surface area contributed by atoms with E-state index in [2.05, 4.69) is 16.9 Å². The van der Waals surface area contributed by atoms with Gasteiger partial charge in [0, 0.05) is 0 Å². The molecule has 0 atom stereocenters. The Hall–Kier alpha value is -1.83. The van der Waals surface area contributed by atoms with Crippen molar-refractivity contribution in [1.29, 1.82) is 0 Å². The van der Waals surface area contributed by atoms with Gasteiger partial charge in [-0.2, -0.15) is 0 Å². The van der Waals surface area contributed by atoms with E-state index in [0.717, 1.165) is 0 Å². The van der Waals surface area contributed by atoms with Crippen molar-refractivity contribution in [2.75, 3.05) is 7.11 Å². The standard InChI is InChI=1S/C14H16O2/c1-12(13-9-4-3-5-10-13)8-6-7-11-14(15)16-2/h3-10H,11H2,1-2H3/b7-6-,12-8+. The van der Waals surface area contributed by atoms with Crippen LogP contribution in [0.5, 0.6) is 0 Å². The van der Waals surface area contributed by atoms with Gasteiger partial charge in [-0.1, -0.05) is 48.6 Å². The molecule has 0 aromatic heterocycles. The van der Waals surface area contributed by atoms with Crippen LogP contribution in [-0.2, 0) is 9.53 Å². The third-order valence-electron chi connectivity index (χ3n) is 2.22. The van der Waals surface area contributed by atoms with Gasteiger partial charge in [-0.15, -0.1) is 0 Å². The monoisotopic (exact) mass is 216 g/mol. The molecule has 0 fully saturated rings. The Kier molecular flexibility index (Phi) is 5.06. The largest absolute Gasteiger partial charge is 0.469 e. The molecule has 0 N–H and O–H groups in total. The zero-order valence-electron chi connectivity index (χ0n) is 9.64. The molecule has 0 saturated carbocycles. The first kappa shape index (κ1) is 12.2. The van der Waals surface area contributed by atoms with Crippen LogP contribution in [-0.4, -0.2) is 13.1 Å². The van der Waals surface area contributed by atoms with Crippen molar-refractivity contribution in [3.8, 4) is 0 Å². The van der Waals surface area contributed by atoms with E-state index in [1.807, 2.05) is 37.3 Å². The third-order valence-corrected chi connectivity index (χ3v) is 2.22. The van der Waals surface area contributed by atoms with Crippen LogP contribution in [0.4, 0.5) is 0 Å². The van der Waals surface area contributed by atoms with Crippen LogP contribution in [0, 0.1) is 0 Å². The fourth-order valence-corrected chi connectivity index (χ4v) is 1.26. The first-order chi connectivity index (χ1) is 7.74. The number of methoxy groups -OCH3 is 1. The Morgan fingerprint density at radius 1 is 1.31 bits per heavy atom. The van der Waals surface area contributed by atoms with Crippen LogP contribution in [0.3, 0.4) is 0 Å². The SMILES string of the molecule is COC(=O)C/C=C\C=C(/C)c1ccccc1. The summed E-state index contributed by atoms with van der Waals surface area (Å²) in [5, 5.41) is 0. The van der Waals surface area contributed by atoms with Crippen molar-refractivity contribution in [3.05, 3.63) is 54.1 Å². The molecule has 0 aliphatic rings. The lowest BCUT2D eigenvalue weighted by molar-refractivity contribution is -0.139. The molecule has 0 radical (unpaired) electrons. The van der Waals surface area contributed by atoms with Crippen molar-refractivity contribution < 1.29 is 9.53 Å². The van der Waals surface area contributed by atoms with Crippen LogP contribution in [0.25, 0.3) is 5.57 Å². The third kappa shape index (κ3) is 4.13. The zero-order valence-corrected chi connectivity index (χ0v) is 9.64. The molecule has 0 amide bonds. The van der Waals surface area contributed by atoms with E-state index in [0.29, 0.717) is 6.42 Å². The highest BCUT2D eigenvalue weighted by Crippen LogP contribution is 2.12. The molecule has 16 heavy (non-hydrogen) atoms. The fourth-order valence-electron chi connectivity index (χ4n) is 1.26. The van der Waals surface area contributed by atoms with Crippen molar-refractivity contribution >= 4 is 11.5 Å². The van der Waals surface area contributed by atoms with Crippen molar-refractivity contribution in [1.82, 2.24) is 0 Å². The maximum absolute atomic E-state index is 10.8. The number of ether oxygens (including phenoxy) is 1. The Bertz CT molecular complexity index is 388. The van der Waals surface area contributed by atoms with Gasteiger partial charge in [-0.3, -0.25) is 4.79 Å². The minimum absolute atomic E-state index is 0.220. The van der Waals surface area contributed by atoms with Gasteiger partial charge in [-0.05, 0) is 18.1 Å². The number of carbonyl (C=O) groups is 1. The molecule has 2 nitrogen and oxygen atoms in total. The fraction of sp³-hybridized carbons (Fsp3) is 0.214. The zero-order chi connectivity index (χ0) is 11.8. The van der Waals surface area contributed by atoms with Crippen molar-refractivity contribution in [3.63, 3.8) is 0 Å². The minimum atomic E-state index is -0.220. The average Bonchev–Trinajstić information content (AvgIpc) is 2.35. The summed E-state index contributed by atoms with van der Waals surface area (Å²) in [4.78, 5) is 10.8. The van der Waals surface area contributed by atoms with Gasteiger partial charge >= 0.3 is 5.97 Å². The number of allylic oxidation sites excluding steroid dienone is 3. The summed E-state index contributed by atoms with van der Waals surface area (Å²) in [6.07, 6.45) is 5.96. The van der Waals surface area contributed by atoms with Crippen molar-refractivity contribution in [2.24, 2.45) is 0 Å². The summed E-state index contributed by atoms with van der Waals surface area (Å²) in [5.74, 6) is -0.220. The second kappa shape index (κ2) is 6.62. The number of hydrogen-bond donors (Lipinski definition) is 0. The summed E-state index contributed by atoms with van der Waals surface area (Å²) in [7, 11) is 1.39. The lowest BCUT2D eigenvalue weighted by Gasteiger charge is -1.98. The molecule has 0 saturated heterocycles. The van der Waals surface area contributed by atoms with Crippen LogP contribution >= 0.6 is 0 Å². The highest BCUT2D eigenvalue weighted by atomic mass is 16.5. The topological polar surface area (TPSA) is 26.3 Å². The van der Waals surface area contributed by atoms with Gasteiger partial charge in [0.15, 0.2) is 0 Å². The van der Waals surface area contributed by atoms with E-state index in [1.54, 1.807) is 6.08 Å². The van der Waals surface area contributed by atoms with E-state index in [-0.39, 0.29) is 5.97 Å². The molecule has 84 valence electrons. The molecule has 0 aliphatic carbocycles. The second-order valence-corrected chi connectivity index (χ2v) is 3.42. The second-order valence-electron chi connectivity index (χ2n) is 3.42. The molecule has 1 aromatic carbocycles. The smallest absolute Gasteiger partial charge is 0.309 e. The van der Waals surface area contributed by atoms with Gasteiger partial charge in [-0.25, -0.2) is 0 Å². The first-order valence-corrected chi connectivity index (χ1v) is 5.19. The molecule has 0 spiro atoms. The molecule has 0 bridgehead atoms. The number of benzene rings is 1. The Morgan fingerprint density at radius 2 is 2.00 bits per heavy atom. The summed E-state index contributed by atoms with van der Waals surface area (Å²) in [6.45, 7) is 2.04. The lowest BCUT2D eigenvalue weighted by Crippen LogP contribution is -1.96. The Labute approximate surface area is 96.2 Å². The predicted molar refractivity (Wildman–Crippen MR) is 65.9 cm³/mol. The molecule has 1 rings (SSSR count). The molecule has 0 unspecified atom stereocenters. The summed E-state index contributed by atoms with van der Waals surface area (Å²) in [6, 6.07) is 10.1. The average molecular weight is 216 g/mol. The lowest BCUT2D eigenvalue weighted by atomic mass is 10.1. The van der Waals surface area contributed by atoms with Gasteiger partial charge in [0.2, 0.25) is 0 Å². The molecule has 0 heterocycles. The summed E-state index contributed by atoms with van der Waals surface area (Å²) in [5.41, 5.74) is 2.35. The van der Waals surface area contributed by atoms with Crippen LogP contribution in [0.1, 0.15) is 18.9 Å².